The summed E-state index contributed by atoms with van der Waals surface area (Å²) in [5.41, 5.74) is 1.39. The van der Waals surface area contributed by atoms with Crippen molar-refractivity contribution in [3.63, 3.8) is 0 Å². The molecule has 1 N–H and O–H groups in total. The van der Waals surface area contributed by atoms with Gasteiger partial charge in [0.15, 0.2) is 12.7 Å². The van der Waals surface area contributed by atoms with E-state index >= 15 is 0 Å². The number of carbonyl (C=O) groups excluding carboxylic acids is 2. The van der Waals surface area contributed by atoms with Gasteiger partial charge in [-0.25, -0.2) is 9.18 Å². The minimum Gasteiger partial charge on any atom is -0.479 e. The third-order valence-corrected chi connectivity index (χ3v) is 3.52. The van der Waals surface area contributed by atoms with Crippen LogP contribution < -0.4 is 10.1 Å². The summed E-state index contributed by atoms with van der Waals surface area (Å²) in [6.07, 6.45) is -0.943. The Morgan fingerprint density at radius 1 is 1.20 bits per heavy atom. The zero-order chi connectivity index (χ0) is 18.4. The van der Waals surface area contributed by atoms with Gasteiger partial charge in [0.2, 0.25) is 0 Å². The molecule has 2 rings (SSSR count). The van der Waals surface area contributed by atoms with E-state index in [0.29, 0.717) is 16.5 Å². The molecule has 0 fully saturated rings. The SMILES string of the molecule is Cc1ccc(NC(=O)COC(=O)[C@H](C)Oc2ccc(F)cc2)c(Cl)c1. The number of rotatable bonds is 6. The van der Waals surface area contributed by atoms with Gasteiger partial charge in [0.1, 0.15) is 11.6 Å². The van der Waals surface area contributed by atoms with E-state index in [1.807, 2.05) is 6.92 Å². The van der Waals surface area contributed by atoms with Crippen LogP contribution in [0.2, 0.25) is 5.02 Å². The Morgan fingerprint density at radius 2 is 1.88 bits per heavy atom. The molecule has 5 nitrogen and oxygen atoms in total. The summed E-state index contributed by atoms with van der Waals surface area (Å²) in [7, 11) is 0. The molecule has 0 radical (unpaired) electrons. The van der Waals surface area contributed by atoms with E-state index < -0.39 is 30.4 Å². The number of aryl methyl sites for hydroxylation is 1. The van der Waals surface area contributed by atoms with Crippen LogP contribution in [0.5, 0.6) is 5.75 Å². The van der Waals surface area contributed by atoms with Crippen molar-refractivity contribution in [3.8, 4) is 5.75 Å². The van der Waals surface area contributed by atoms with Crippen LogP contribution in [-0.2, 0) is 14.3 Å². The first-order chi connectivity index (χ1) is 11.8. The van der Waals surface area contributed by atoms with Gasteiger partial charge in [-0.05, 0) is 55.8 Å². The van der Waals surface area contributed by atoms with Gasteiger partial charge in [0, 0.05) is 0 Å². The van der Waals surface area contributed by atoms with Gasteiger partial charge in [-0.15, -0.1) is 0 Å². The normalized spacial score (nSPS) is 11.5. The maximum atomic E-state index is 12.8. The topological polar surface area (TPSA) is 64.6 Å². The molecule has 0 spiro atoms. The second-order valence-electron chi connectivity index (χ2n) is 5.35. The Kier molecular flexibility index (Phi) is 6.36. The molecule has 0 aromatic heterocycles. The van der Waals surface area contributed by atoms with Crippen molar-refractivity contribution in [2.45, 2.75) is 20.0 Å². The average Bonchev–Trinajstić information content (AvgIpc) is 2.57. The maximum absolute atomic E-state index is 12.8. The van der Waals surface area contributed by atoms with Crippen LogP contribution in [0.1, 0.15) is 12.5 Å². The van der Waals surface area contributed by atoms with Crippen molar-refractivity contribution < 1.29 is 23.5 Å². The van der Waals surface area contributed by atoms with Crippen LogP contribution in [0.4, 0.5) is 10.1 Å². The molecule has 132 valence electrons. The van der Waals surface area contributed by atoms with E-state index in [1.165, 1.54) is 31.2 Å². The summed E-state index contributed by atoms with van der Waals surface area (Å²) >= 11 is 6.02. The van der Waals surface area contributed by atoms with Crippen LogP contribution in [0, 0.1) is 12.7 Å². The molecule has 0 bridgehead atoms. The molecule has 2 aromatic rings. The second kappa shape index (κ2) is 8.48. The first-order valence-electron chi connectivity index (χ1n) is 7.50. The molecule has 1 atom stereocenters. The fourth-order valence-electron chi connectivity index (χ4n) is 1.93. The van der Waals surface area contributed by atoms with Crippen LogP contribution in [0.15, 0.2) is 42.5 Å². The molecule has 0 aliphatic heterocycles. The van der Waals surface area contributed by atoms with Crippen LogP contribution >= 0.6 is 11.6 Å². The number of benzene rings is 2. The molecule has 0 aliphatic carbocycles. The Hall–Kier alpha value is -2.60. The summed E-state index contributed by atoms with van der Waals surface area (Å²) in [6, 6.07) is 10.4. The van der Waals surface area contributed by atoms with Gasteiger partial charge in [-0.1, -0.05) is 17.7 Å². The molecule has 0 saturated heterocycles. The first-order valence-corrected chi connectivity index (χ1v) is 7.88. The minimum absolute atomic E-state index is 0.321. The number of amides is 1. The van der Waals surface area contributed by atoms with E-state index in [-0.39, 0.29) is 0 Å². The van der Waals surface area contributed by atoms with E-state index in [2.05, 4.69) is 5.32 Å². The lowest BCUT2D eigenvalue weighted by atomic mass is 10.2. The summed E-state index contributed by atoms with van der Waals surface area (Å²) in [5, 5.41) is 2.95. The van der Waals surface area contributed by atoms with Gasteiger partial charge in [0.25, 0.3) is 5.91 Å². The number of anilines is 1. The predicted octanol–water partition coefficient (Wildman–Crippen LogP) is 3.74. The third kappa shape index (κ3) is 5.76. The van der Waals surface area contributed by atoms with E-state index in [4.69, 9.17) is 21.1 Å². The van der Waals surface area contributed by atoms with Crippen molar-refractivity contribution in [3.05, 3.63) is 58.9 Å². The molecule has 2 aromatic carbocycles. The smallest absolute Gasteiger partial charge is 0.347 e. The number of hydrogen-bond donors (Lipinski definition) is 1. The Balaban J connectivity index is 1.82. The molecular weight excluding hydrogens is 349 g/mol. The highest BCUT2D eigenvalue weighted by atomic mass is 35.5. The van der Waals surface area contributed by atoms with Gasteiger partial charge in [-0.2, -0.15) is 0 Å². The molecule has 0 aliphatic rings. The van der Waals surface area contributed by atoms with Crippen molar-refractivity contribution in [2.75, 3.05) is 11.9 Å². The maximum Gasteiger partial charge on any atom is 0.347 e. The first kappa shape index (κ1) is 18.7. The molecule has 1 amide bonds. The minimum atomic E-state index is -0.943. The van der Waals surface area contributed by atoms with Crippen molar-refractivity contribution >= 4 is 29.2 Å². The van der Waals surface area contributed by atoms with E-state index in [0.717, 1.165) is 5.56 Å². The van der Waals surface area contributed by atoms with Crippen LogP contribution in [0.25, 0.3) is 0 Å². The molecule has 0 saturated carbocycles. The summed E-state index contributed by atoms with van der Waals surface area (Å²) in [6.45, 7) is 2.88. The molecule has 7 heteroatoms. The molecule has 0 unspecified atom stereocenters. The van der Waals surface area contributed by atoms with Crippen LogP contribution in [-0.4, -0.2) is 24.6 Å². The Bertz CT molecular complexity index is 764. The lowest BCUT2D eigenvalue weighted by Gasteiger charge is -2.14. The quantitative estimate of drug-likeness (QED) is 0.792. The van der Waals surface area contributed by atoms with E-state index in [9.17, 15) is 14.0 Å². The summed E-state index contributed by atoms with van der Waals surface area (Å²) < 4.78 is 23.0. The standard InChI is InChI=1S/C18H17ClFNO4/c1-11-3-8-16(15(19)9-11)21-17(22)10-24-18(23)12(2)25-14-6-4-13(20)5-7-14/h3-9,12H,10H2,1-2H3,(H,21,22)/t12-/m0/s1. The van der Waals surface area contributed by atoms with Gasteiger partial charge in [-0.3, -0.25) is 4.79 Å². The number of hydrogen-bond acceptors (Lipinski definition) is 4. The van der Waals surface area contributed by atoms with Crippen molar-refractivity contribution in [2.24, 2.45) is 0 Å². The highest BCUT2D eigenvalue weighted by Gasteiger charge is 2.18. The summed E-state index contributed by atoms with van der Waals surface area (Å²) in [5.74, 6) is -1.32. The second-order valence-corrected chi connectivity index (χ2v) is 5.76. The highest BCUT2D eigenvalue weighted by Crippen LogP contribution is 2.22. The largest absolute Gasteiger partial charge is 0.479 e. The average molecular weight is 366 g/mol. The lowest BCUT2D eigenvalue weighted by molar-refractivity contribution is -0.153. The monoisotopic (exact) mass is 365 g/mol. The number of carbonyl (C=O) groups is 2. The zero-order valence-corrected chi connectivity index (χ0v) is 14.5. The number of esters is 1. The van der Waals surface area contributed by atoms with Crippen molar-refractivity contribution in [1.82, 2.24) is 0 Å². The van der Waals surface area contributed by atoms with Gasteiger partial charge < -0.3 is 14.8 Å². The van der Waals surface area contributed by atoms with Gasteiger partial charge >= 0.3 is 5.97 Å². The molecule has 0 heterocycles. The number of halogens is 2. The predicted molar refractivity (Wildman–Crippen MR) is 92.3 cm³/mol. The number of ether oxygens (including phenoxy) is 2. The Labute approximate surface area is 149 Å². The Morgan fingerprint density at radius 3 is 2.52 bits per heavy atom. The fraction of sp³-hybridized carbons (Fsp3) is 0.222. The fourth-order valence-corrected chi connectivity index (χ4v) is 2.21. The molecular formula is C18H17ClFNO4. The third-order valence-electron chi connectivity index (χ3n) is 3.20. The summed E-state index contributed by atoms with van der Waals surface area (Å²) in [4.78, 5) is 23.7. The zero-order valence-electron chi connectivity index (χ0n) is 13.7. The molecule has 25 heavy (non-hydrogen) atoms. The van der Waals surface area contributed by atoms with Crippen molar-refractivity contribution in [1.29, 1.82) is 0 Å². The van der Waals surface area contributed by atoms with Gasteiger partial charge in [0.05, 0.1) is 10.7 Å². The number of nitrogens with one attached hydrogen (secondary N) is 1. The van der Waals surface area contributed by atoms with Crippen LogP contribution in [0.3, 0.4) is 0 Å². The van der Waals surface area contributed by atoms with E-state index in [1.54, 1.807) is 18.2 Å². The lowest BCUT2D eigenvalue weighted by Crippen LogP contribution is -2.29. The highest BCUT2D eigenvalue weighted by molar-refractivity contribution is 6.33.